The number of benzene rings is 1. The Morgan fingerprint density at radius 2 is 2.19 bits per heavy atom. The SMILES string of the molecule is COc1ccc(C(=O)Nc2ccc(F)c(C3COCCC3S(=O)N(C)C(=N)N)c2)nc1. The van der Waals surface area contributed by atoms with Crippen LogP contribution in [0.5, 0.6) is 5.75 Å². The summed E-state index contributed by atoms with van der Waals surface area (Å²) in [6.07, 6.45) is 1.84. The van der Waals surface area contributed by atoms with Crippen molar-refractivity contribution in [3.05, 3.63) is 53.6 Å². The van der Waals surface area contributed by atoms with Gasteiger partial charge >= 0.3 is 0 Å². The van der Waals surface area contributed by atoms with Gasteiger partial charge in [0.1, 0.15) is 28.2 Å². The molecule has 3 rings (SSSR count). The second-order valence-electron chi connectivity index (χ2n) is 6.94. The standard InChI is InChI=1S/C20H24FN5O4S/c1-26(20(22)23)31(28)18-7-8-30-11-15(18)14-9-12(3-5-16(14)21)25-19(27)17-6-4-13(29-2)10-24-17/h3-6,9-10,15,18H,7-8,11H2,1-2H3,(H3,22,23)(H,25,27). The van der Waals surface area contributed by atoms with Gasteiger partial charge in [0.15, 0.2) is 5.96 Å². The first-order chi connectivity index (χ1) is 14.8. The number of methoxy groups -OCH3 is 1. The highest BCUT2D eigenvalue weighted by molar-refractivity contribution is 7.83. The molecule has 2 heterocycles. The molecule has 1 fully saturated rings. The number of carbonyl (C=O) groups is 1. The van der Waals surface area contributed by atoms with Crippen LogP contribution >= 0.6 is 0 Å². The van der Waals surface area contributed by atoms with Crippen LogP contribution in [0.15, 0.2) is 36.5 Å². The molecule has 0 bridgehead atoms. The Morgan fingerprint density at radius 1 is 1.42 bits per heavy atom. The number of nitrogens with two attached hydrogens (primary N) is 1. The van der Waals surface area contributed by atoms with E-state index in [9.17, 15) is 13.4 Å². The van der Waals surface area contributed by atoms with Gasteiger partial charge in [-0.3, -0.25) is 14.5 Å². The molecule has 1 saturated heterocycles. The number of hydrogen-bond donors (Lipinski definition) is 3. The number of guanidine groups is 1. The molecule has 9 nitrogen and oxygen atoms in total. The van der Waals surface area contributed by atoms with Gasteiger partial charge in [-0.2, -0.15) is 0 Å². The molecule has 1 aliphatic heterocycles. The van der Waals surface area contributed by atoms with Gasteiger partial charge in [-0.1, -0.05) is 0 Å². The van der Waals surface area contributed by atoms with Gasteiger partial charge in [0.05, 0.1) is 25.2 Å². The summed E-state index contributed by atoms with van der Waals surface area (Å²) in [5.41, 5.74) is 6.28. The third-order valence-corrected chi connectivity index (χ3v) is 6.84. The third-order valence-electron chi connectivity index (χ3n) is 5.02. The molecule has 11 heteroatoms. The number of rotatable bonds is 6. The molecule has 0 saturated carbocycles. The number of nitrogens with one attached hydrogen (secondary N) is 2. The van der Waals surface area contributed by atoms with E-state index >= 15 is 0 Å². The lowest BCUT2D eigenvalue weighted by molar-refractivity contribution is 0.0817. The molecule has 3 atom stereocenters. The van der Waals surface area contributed by atoms with Crippen molar-refractivity contribution in [1.82, 2.24) is 9.29 Å². The van der Waals surface area contributed by atoms with Gasteiger partial charge < -0.3 is 20.5 Å². The maximum Gasteiger partial charge on any atom is 0.274 e. The summed E-state index contributed by atoms with van der Waals surface area (Å²) in [5.74, 6) is -1.31. The fourth-order valence-electron chi connectivity index (χ4n) is 3.29. The predicted molar refractivity (Wildman–Crippen MR) is 115 cm³/mol. The molecule has 0 spiro atoms. The molecule has 1 aromatic heterocycles. The summed E-state index contributed by atoms with van der Waals surface area (Å²) in [5, 5.41) is 9.73. The van der Waals surface area contributed by atoms with Crippen LogP contribution in [0.1, 0.15) is 28.4 Å². The van der Waals surface area contributed by atoms with Crippen LogP contribution in [-0.4, -0.2) is 58.0 Å². The highest BCUT2D eigenvalue weighted by Gasteiger charge is 2.36. The Labute approximate surface area is 181 Å². The lowest BCUT2D eigenvalue weighted by Gasteiger charge is -2.33. The zero-order valence-electron chi connectivity index (χ0n) is 17.1. The number of nitrogens with zero attached hydrogens (tertiary/aromatic N) is 2. The highest BCUT2D eigenvalue weighted by Crippen LogP contribution is 2.33. The average Bonchev–Trinajstić information content (AvgIpc) is 2.79. The van der Waals surface area contributed by atoms with Crippen LogP contribution < -0.4 is 15.8 Å². The van der Waals surface area contributed by atoms with Crippen LogP contribution in [0.4, 0.5) is 10.1 Å². The van der Waals surface area contributed by atoms with Gasteiger partial charge in [-0.25, -0.2) is 13.6 Å². The van der Waals surface area contributed by atoms with Crippen LogP contribution in [0.2, 0.25) is 0 Å². The molecule has 1 aromatic carbocycles. The number of aromatic nitrogens is 1. The second-order valence-corrected chi connectivity index (χ2v) is 8.65. The Morgan fingerprint density at radius 3 is 2.84 bits per heavy atom. The lowest BCUT2D eigenvalue weighted by atomic mass is 9.92. The first-order valence-corrected chi connectivity index (χ1v) is 10.7. The molecule has 166 valence electrons. The van der Waals surface area contributed by atoms with Gasteiger partial charge in [0.2, 0.25) is 0 Å². The quantitative estimate of drug-likeness (QED) is 0.456. The molecule has 1 aliphatic rings. The molecule has 0 radical (unpaired) electrons. The Bertz CT molecular complexity index is 988. The first-order valence-electron chi connectivity index (χ1n) is 9.48. The Hall–Kier alpha value is -3.05. The van der Waals surface area contributed by atoms with Gasteiger partial charge in [0, 0.05) is 25.3 Å². The van der Waals surface area contributed by atoms with E-state index in [1.807, 2.05) is 0 Å². The molecule has 1 amide bonds. The summed E-state index contributed by atoms with van der Waals surface area (Å²) < 4.78 is 39.3. The molecule has 0 aliphatic carbocycles. The molecule has 2 aromatic rings. The van der Waals surface area contributed by atoms with Crippen LogP contribution in [0, 0.1) is 11.2 Å². The maximum absolute atomic E-state index is 14.7. The zero-order chi connectivity index (χ0) is 22.5. The number of halogens is 1. The molecular weight excluding hydrogens is 425 g/mol. The average molecular weight is 450 g/mol. The number of hydrogen-bond acceptors (Lipinski definition) is 6. The van der Waals surface area contributed by atoms with Crippen molar-refractivity contribution >= 4 is 28.5 Å². The topological polar surface area (TPSA) is 131 Å². The summed E-state index contributed by atoms with van der Waals surface area (Å²) in [6.45, 7) is 0.538. The van der Waals surface area contributed by atoms with E-state index in [4.69, 9.17) is 20.6 Å². The van der Waals surface area contributed by atoms with E-state index in [1.165, 1.54) is 44.6 Å². The predicted octanol–water partition coefficient (Wildman–Crippen LogP) is 1.84. The number of pyridine rings is 1. The minimum atomic E-state index is -1.64. The first kappa shape index (κ1) is 22.6. The third kappa shape index (κ3) is 5.17. The van der Waals surface area contributed by atoms with Crippen molar-refractivity contribution in [3.63, 3.8) is 0 Å². The Kier molecular flexibility index (Phi) is 7.18. The van der Waals surface area contributed by atoms with E-state index in [2.05, 4.69) is 10.3 Å². The maximum atomic E-state index is 14.7. The van der Waals surface area contributed by atoms with Gasteiger partial charge in [0.25, 0.3) is 5.91 Å². The number of ether oxygens (including phenoxy) is 2. The Balaban J connectivity index is 1.84. The summed E-state index contributed by atoms with van der Waals surface area (Å²) in [6, 6.07) is 7.33. The monoisotopic (exact) mass is 449 g/mol. The van der Waals surface area contributed by atoms with Crippen molar-refractivity contribution in [1.29, 1.82) is 5.41 Å². The summed E-state index contributed by atoms with van der Waals surface area (Å²) in [4.78, 5) is 16.5. The van der Waals surface area contributed by atoms with E-state index in [1.54, 1.807) is 6.07 Å². The van der Waals surface area contributed by atoms with E-state index in [-0.39, 0.29) is 23.8 Å². The molecule has 3 unspecified atom stereocenters. The normalized spacial score (nSPS) is 19.3. The van der Waals surface area contributed by atoms with Crippen molar-refractivity contribution in [2.45, 2.75) is 17.6 Å². The van der Waals surface area contributed by atoms with Gasteiger partial charge in [-0.05, 0) is 42.3 Å². The highest BCUT2D eigenvalue weighted by atomic mass is 32.2. The summed E-state index contributed by atoms with van der Waals surface area (Å²) >= 11 is 0. The van der Waals surface area contributed by atoms with E-state index in [0.717, 1.165) is 4.31 Å². The zero-order valence-corrected chi connectivity index (χ0v) is 17.9. The van der Waals surface area contributed by atoms with E-state index < -0.39 is 33.9 Å². The lowest BCUT2D eigenvalue weighted by Crippen LogP contribution is -2.44. The molecule has 31 heavy (non-hydrogen) atoms. The van der Waals surface area contributed by atoms with Crippen molar-refractivity contribution in [2.24, 2.45) is 5.73 Å². The molecule has 4 N–H and O–H groups in total. The number of carbonyl (C=O) groups excluding carboxylic acids is 1. The van der Waals surface area contributed by atoms with Crippen molar-refractivity contribution in [3.8, 4) is 5.75 Å². The fourth-order valence-corrected chi connectivity index (χ4v) is 4.69. The molecular formula is C20H24FN5O4S. The minimum Gasteiger partial charge on any atom is -0.495 e. The van der Waals surface area contributed by atoms with Crippen LogP contribution in [0.3, 0.4) is 0 Å². The van der Waals surface area contributed by atoms with Crippen LogP contribution in [-0.2, 0) is 15.7 Å². The van der Waals surface area contributed by atoms with Gasteiger partial charge in [-0.15, -0.1) is 0 Å². The van der Waals surface area contributed by atoms with Crippen molar-refractivity contribution in [2.75, 3.05) is 32.7 Å². The fraction of sp³-hybridized carbons (Fsp3) is 0.350. The van der Waals surface area contributed by atoms with Crippen LogP contribution in [0.25, 0.3) is 0 Å². The van der Waals surface area contributed by atoms with Crippen molar-refractivity contribution < 1.29 is 22.9 Å². The number of anilines is 1. The largest absolute Gasteiger partial charge is 0.495 e. The minimum absolute atomic E-state index is 0.163. The second kappa shape index (κ2) is 9.84. The smallest absolute Gasteiger partial charge is 0.274 e. The summed E-state index contributed by atoms with van der Waals surface area (Å²) in [7, 11) is 1.32. The van der Waals surface area contributed by atoms with E-state index in [0.29, 0.717) is 24.5 Å². The number of amides is 1.